The van der Waals surface area contributed by atoms with Crippen LogP contribution in [0.5, 0.6) is 0 Å². The molecule has 2 nitrogen and oxygen atoms in total. The summed E-state index contributed by atoms with van der Waals surface area (Å²) >= 11 is 0. The van der Waals surface area contributed by atoms with Crippen LogP contribution in [0.15, 0.2) is 0 Å². The van der Waals surface area contributed by atoms with E-state index in [1.165, 1.54) is 25.7 Å². The Bertz CT molecular complexity index is 193. The Hall–Kier alpha value is -0.550. The SMILES string of the molecule is CC1CCCCC1C(C#N)N(C)C. The summed E-state index contributed by atoms with van der Waals surface area (Å²) in [5, 5.41) is 9.07. The molecule has 0 aromatic rings. The normalized spacial score (nSPS) is 31.3. The summed E-state index contributed by atoms with van der Waals surface area (Å²) in [6.07, 6.45) is 5.19. The summed E-state index contributed by atoms with van der Waals surface area (Å²) in [6.45, 7) is 2.29. The molecule has 1 aliphatic rings. The molecule has 1 aliphatic carbocycles. The lowest BCUT2D eigenvalue weighted by molar-refractivity contribution is 0.158. The Morgan fingerprint density at radius 1 is 1.31 bits per heavy atom. The van der Waals surface area contributed by atoms with Crippen molar-refractivity contribution in [2.45, 2.75) is 38.6 Å². The summed E-state index contributed by atoms with van der Waals surface area (Å²) < 4.78 is 0. The lowest BCUT2D eigenvalue weighted by Gasteiger charge is -2.34. The maximum absolute atomic E-state index is 9.07. The van der Waals surface area contributed by atoms with Gasteiger partial charge < -0.3 is 0 Å². The molecule has 1 fully saturated rings. The molecule has 74 valence electrons. The number of hydrogen-bond donors (Lipinski definition) is 0. The molecular formula is C11H20N2. The fourth-order valence-corrected chi connectivity index (χ4v) is 2.41. The highest BCUT2D eigenvalue weighted by molar-refractivity contribution is 4.97. The van der Waals surface area contributed by atoms with E-state index in [0.29, 0.717) is 5.92 Å². The van der Waals surface area contributed by atoms with Gasteiger partial charge in [-0.25, -0.2) is 0 Å². The second kappa shape index (κ2) is 4.62. The van der Waals surface area contributed by atoms with Gasteiger partial charge in [0.15, 0.2) is 0 Å². The van der Waals surface area contributed by atoms with Crippen LogP contribution in [0.2, 0.25) is 0 Å². The van der Waals surface area contributed by atoms with Crippen LogP contribution in [0, 0.1) is 23.2 Å². The first-order valence-electron chi connectivity index (χ1n) is 5.23. The third-order valence-corrected chi connectivity index (χ3v) is 3.27. The van der Waals surface area contributed by atoms with Crippen molar-refractivity contribution < 1.29 is 0 Å². The molecule has 0 aromatic carbocycles. The molecule has 13 heavy (non-hydrogen) atoms. The van der Waals surface area contributed by atoms with Crippen LogP contribution in [0.3, 0.4) is 0 Å². The van der Waals surface area contributed by atoms with E-state index in [2.05, 4.69) is 17.9 Å². The van der Waals surface area contributed by atoms with E-state index >= 15 is 0 Å². The average Bonchev–Trinajstić information content (AvgIpc) is 2.09. The van der Waals surface area contributed by atoms with E-state index in [1.807, 2.05) is 14.1 Å². The topological polar surface area (TPSA) is 27.0 Å². The zero-order chi connectivity index (χ0) is 9.84. The van der Waals surface area contributed by atoms with Crippen molar-refractivity contribution in [2.75, 3.05) is 14.1 Å². The summed E-state index contributed by atoms with van der Waals surface area (Å²) in [5.74, 6) is 1.31. The van der Waals surface area contributed by atoms with Gasteiger partial charge in [-0.3, -0.25) is 4.90 Å². The third kappa shape index (κ3) is 2.45. The Kier molecular flexibility index (Phi) is 3.74. The second-order valence-corrected chi connectivity index (χ2v) is 4.46. The predicted octanol–water partition coefficient (Wildman–Crippen LogP) is 2.27. The molecule has 3 atom stereocenters. The molecule has 3 unspecified atom stereocenters. The van der Waals surface area contributed by atoms with Gasteiger partial charge in [-0.15, -0.1) is 0 Å². The van der Waals surface area contributed by atoms with Gasteiger partial charge in [0, 0.05) is 0 Å². The van der Waals surface area contributed by atoms with Crippen LogP contribution in [-0.2, 0) is 0 Å². The minimum absolute atomic E-state index is 0.121. The highest BCUT2D eigenvalue weighted by Gasteiger charge is 2.30. The zero-order valence-electron chi connectivity index (χ0n) is 8.95. The van der Waals surface area contributed by atoms with Crippen molar-refractivity contribution in [3.05, 3.63) is 0 Å². The van der Waals surface area contributed by atoms with Crippen LogP contribution in [0.1, 0.15) is 32.6 Å². The third-order valence-electron chi connectivity index (χ3n) is 3.27. The van der Waals surface area contributed by atoms with Gasteiger partial charge in [0.25, 0.3) is 0 Å². The molecule has 1 rings (SSSR count). The van der Waals surface area contributed by atoms with E-state index in [4.69, 9.17) is 5.26 Å². The fourth-order valence-electron chi connectivity index (χ4n) is 2.41. The molecule has 0 radical (unpaired) electrons. The van der Waals surface area contributed by atoms with Gasteiger partial charge in [-0.05, 0) is 32.4 Å². The number of hydrogen-bond acceptors (Lipinski definition) is 2. The fraction of sp³-hybridized carbons (Fsp3) is 0.909. The van der Waals surface area contributed by atoms with E-state index in [9.17, 15) is 0 Å². The van der Waals surface area contributed by atoms with Gasteiger partial charge in [-0.1, -0.05) is 26.2 Å². The van der Waals surface area contributed by atoms with Crippen molar-refractivity contribution >= 4 is 0 Å². The summed E-state index contributed by atoms with van der Waals surface area (Å²) in [5.41, 5.74) is 0. The minimum Gasteiger partial charge on any atom is -0.294 e. The molecule has 0 N–H and O–H groups in total. The van der Waals surface area contributed by atoms with Crippen molar-refractivity contribution in [1.29, 1.82) is 5.26 Å². The van der Waals surface area contributed by atoms with Crippen LogP contribution in [0.4, 0.5) is 0 Å². The Morgan fingerprint density at radius 3 is 2.38 bits per heavy atom. The number of nitrogens with zero attached hydrogens (tertiary/aromatic N) is 2. The van der Waals surface area contributed by atoms with E-state index in [-0.39, 0.29) is 6.04 Å². The Morgan fingerprint density at radius 2 is 1.92 bits per heavy atom. The first-order valence-corrected chi connectivity index (χ1v) is 5.23. The first-order chi connectivity index (χ1) is 6.16. The average molecular weight is 180 g/mol. The Labute approximate surface area is 81.5 Å². The molecule has 2 heteroatoms. The lowest BCUT2D eigenvalue weighted by Crippen LogP contribution is -2.38. The molecule has 0 aliphatic heterocycles. The van der Waals surface area contributed by atoms with Crippen LogP contribution in [-0.4, -0.2) is 25.0 Å². The first kappa shape index (κ1) is 10.5. The molecule has 0 amide bonds. The maximum Gasteiger partial charge on any atom is 0.100 e. The highest BCUT2D eigenvalue weighted by Crippen LogP contribution is 2.33. The van der Waals surface area contributed by atoms with Gasteiger partial charge in [-0.2, -0.15) is 5.26 Å². The molecule has 0 aromatic heterocycles. The molecule has 0 heterocycles. The van der Waals surface area contributed by atoms with Crippen molar-refractivity contribution in [1.82, 2.24) is 4.90 Å². The minimum atomic E-state index is 0.121. The summed E-state index contributed by atoms with van der Waals surface area (Å²) in [6, 6.07) is 2.55. The number of rotatable bonds is 2. The highest BCUT2D eigenvalue weighted by atomic mass is 15.1. The predicted molar refractivity (Wildman–Crippen MR) is 54.2 cm³/mol. The largest absolute Gasteiger partial charge is 0.294 e. The smallest absolute Gasteiger partial charge is 0.100 e. The molecular weight excluding hydrogens is 160 g/mol. The van der Waals surface area contributed by atoms with Gasteiger partial charge in [0.1, 0.15) is 6.04 Å². The van der Waals surface area contributed by atoms with Crippen molar-refractivity contribution in [2.24, 2.45) is 11.8 Å². The summed E-state index contributed by atoms with van der Waals surface area (Å²) in [4.78, 5) is 2.06. The second-order valence-electron chi connectivity index (χ2n) is 4.46. The molecule has 0 bridgehead atoms. The number of nitriles is 1. The molecule has 0 spiro atoms. The van der Waals surface area contributed by atoms with E-state index in [0.717, 1.165) is 5.92 Å². The van der Waals surface area contributed by atoms with E-state index in [1.54, 1.807) is 0 Å². The van der Waals surface area contributed by atoms with Gasteiger partial charge >= 0.3 is 0 Å². The van der Waals surface area contributed by atoms with E-state index < -0.39 is 0 Å². The van der Waals surface area contributed by atoms with Crippen LogP contribution in [0.25, 0.3) is 0 Å². The quantitative estimate of drug-likeness (QED) is 0.652. The Balaban J connectivity index is 2.61. The van der Waals surface area contributed by atoms with Crippen molar-refractivity contribution in [3.8, 4) is 6.07 Å². The lowest BCUT2D eigenvalue weighted by atomic mass is 9.76. The summed E-state index contributed by atoms with van der Waals surface area (Å²) in [7, 11) is 4.02. The zero-order valence-corrected chi connectivity index (χ0v) is 8.95. The van der Waals surface area contributed by atoms with Gasteiger partial charge in [0.05, 0.1) is 6.07 Å². The standard InChI is InChI=1S/C11H20N2/c1-9-6-4-5-7-10(9)11(8-12)13(2)3/h9-11H,4-7H2,1-3H3. The van der Waals surface area contributed by atoms with Crippen LogP contribution < -0.4 is 0 Å². The van der Waals surface area contributed by atoms with Crippen molar-refractivity contribution in [3.63, 3.8) is 0 Å². The molecule has 0 saturated heterocycles. The molecule has 1 saturated carbocycles. The van der Waals surface area contributed by atoms with Gasteiger partial charge in [0.2, 0.25) is 0 Å². The monoisotopic (exact) mass is 180 g/mol. The van der Waals surface area contributed by atoms with Crippen LogP contribution >= 0.6 is 0 Å². The maximum atomic E-state index is 9.07.